The number of nitrogens with one attached hydrogen (secondary N) is 1. The standard InChI is InChI=1S/C14H19N3O/c1-11(10-17-8-4-5-9-17)15-14-16-12-6-2-3-7-13(12)18-14/h2-3,6-7,11H,4-5,8-10H2,1H3,(H,15,16). The molecule has 1 unspecified atom stereocenters. The van der Waals surface area contributed by atoms with Gasteiger partial charge in [0.25, 0.3) is 6.01 Å². The van der Waals surface area contributed by atoms with E-state index in [1.807, 2.05) is 24.3 Å². The molecular formula is C14H19N3O. The van der Waals surface area contributed by atoms with Gasteiger partial charge in [0.15, 0.2) is 5.58 Å². The Morgan fingerprint density at radius 1 is 1.33 bits per heavy atom. The van der Waals surface area contributed by atoms with E-state index in [1.165, 1.54) is 25.9 Å². The number of fused-ring (bicyclic) bond motifs is 1. The van der Waals surface area contributed by atoms with Gasteiger partial charge >= 0.3 is 0 Å². The Hall–Kier alpha value is -1.55. The lowest BCUT2D eigenvalue weighted by molar-refractivity contribution is 0.326. The van der Waals surface area contributed by atoms with E-state index < -0.39 is 0 Å². The van der Waals surface area contributed by atoms with Crippen LogP contribution in [0.4, 0.5) is 6.01 Å². The average molecular weight is 245 g/mol. The minimum absolute atomic E-state index is 0.358. The molecule has 4 nitrogen and oxygen atoms in total. The Balaban J connectivity index is 1.64. The molecule has 0 aliphatic carbocycles. The first-order chi connectivity index (χ1) is 8.81. The van der Waals surface area contributed by atoms with Crippen molar-refractivity contribution in [2.45, 2.75) is 25.8 Å². The molecule has 1 aliphatic rings. The fourth-order valence-electron chi connectivity index (χ4n) is 2.54. The monoisotopic (exact) mass is 245 g/mol. The highest BCUT2D eigenvalue weighted by molar-refractivity contribution is 5.74. The molecule has 1 atom stereocenters. The van der Waals surface area contributed by atoms with Crippen molar-refractivity contribution in [3.8, 4) is 0 Å². The van der Waals surface area contributed by atoms with Gasteiger partial charge in [-0.1, -0.05) is 12.1 Å². The maximum Gasteiger partial charge on any atom is 0.295 e. The topological polar surface area (TPSA) is 41.3 Å². The largest absolute Gasteiger partial charge is 0.424 e. The Morgan fingerprint density at radius 2 is 2.11 bits per heavy atom. The van der Waals surface area contributed by atoms with Crippen molar-refractivity contribution < 1.29 is 4.42 Å². The zero-order valence-electron chi connectivity index (χ0n) is 10.7. The van der Waals surface area contributed by atoms with Crippen LogP contribution < -0.4 is 5.32 Å². The van der Waals surface area contributed by atoms with E-state index >= 15 is 0 Å². The number of oxazole rings is 1. The van der Waals surface area contributed by atoms with Crippen LogP contribution in [0.1, 0.15) is 19.8 Å². The predicted molar refractivity (Wildman–Crippen MR) is 72.8 cm³/mol. The molecule has 0 spiro atoms. The Morgan fingerprint density at radius 3 is 2.89 bits per heavy atom. The summed E-state index contributed by atoms with van der Waals surface area (Å²) >= 11 is 0. The van der Waals surface area contributed by atoms with Crippen molar-refractivity contribution in [2.24, 2.45) is 0 Å². The van der Waals surface area contributed by atoms with Crippen molar-refractivity contribution in [2.75, 3.05) is 25.0 Å². The number of anilines is 1. The molecule has 1 aromatic carbocycles. The summed E-state index contributed by atoms with van der Waals surface area (Å²) in [4.78, 5) is 6.92. The summed E-state index contributed by atoms with van der Waals surface area (Å²) in [5.41, 5.74) is 1.75. The highest BCUT2D eigenvalue weighted by Gasteiger charge is 2.15. The lowest BCUT2D eigenvalue weighted by Gasteiger charge is -2.20. The molecule has 1 saturated heterocycles. The Bertz CT molecular complexity index is 483. The van der Waals surface area contributed by atoms with E-state index in [0.29, 0.717) is 12.1 Å². The zero-order chi connectivity index (χ0) is 12.4. The predicted octanol–water partition coefficient (Wildman–Crippen LogP) is 2.72. The molecule has 2 heterocycles. The highest BCUT2D eigenvalue weighted by atomic mass is 16.4. The van der Waals surface area contributed by atoms with Gasteiger partial charge < -0.3 is 14.6 Å². The molecule has 1 aliphatic heterocycles. The van der Waals surface area contributed by atoms with Crippen LogP contribution in [0.25, 0.3) is 11.1 Å². The number of likely N-dealkylation sites (tertiary alicyclic amines) is 1. The first kappa shape index (κ1) is 11.5. The van der Waals surface area contributed by atoms with E-state index in [0.717, 1.165) is 17.6 Å². The molecule has 0 radical (unpaired) electrons. The van der Waals surface area contributed by atoms with Gasteiger partial charge in [0.1, 0.15) is 5.52 Å². The smallest absolute Gasteiger partial charge is 0.295 e. The van der Waals surface area contributed by atoms with Gasteiger partial charge in [-0.15, -0.1) is 0 Å². The number of rotatable bonds is 4. The summed E-state index contributed by atoms with van der Waals surface area (Å²) in [6.07, 6.45) is 2.66. The molecule has 1 aromatic heterocycles. The fraction of sp³-hybridized carbons (Fsp3) is 0.500. The minimum Gasteiger partial charge on any atom is -0.424 e. The number of hydrogen-bond donors (Lipinski definition) is 1. The van der Waals surface area contributed by atoms with Crippen molar-refractivity contribution in [3.63, 3.8) is 0 Å². The number of para-hydroxylation sites is 2. The lowest BCUT2D eigenvalue weighted by Crippen LogP contribution is -2.33. The fourth-order valence-corrected chi connectivity index (χ4v) is 2.54. The van der Waals surface area contributed by atoms with Gasteiger partial charge in [-0.2, -0.15) is 4.98 Å². The normalized spacial score (nSPS) is 18.3. The summed E-state index contributed by atoms with van der Waals surface area (Å²) in [5, 5.41) is 3.34. The summed E-state index contributed by atoms with van der Waals surface area (Å²) in [6.45, 7) is 5.67. The molecule has 2 aromatic rings. The molecule has 3 rings (SSSR count). The summed E-state index contributed by atoms with van der Waals surface area (Å²) in [5.74, 6) is 0. The van der Waals surface area contributed by atoms with Gasteiger partial charge in [0.05, 0.1) is 0 Å². The molecule has 0 saturated carbocycles. The molecule has 1 fully saturated rings. The average Bonchev–Trinajstić information content (AvgIpc) is 2.96. The van der Waals surface area contributed by atoms with Gasteiger partial charge in [0.2, 0.25) is 0 Å². The second-order valence-corrected chi connectivity index (χ2v) is 5.04. The van der Waals surface area contributed by atoms with Crippen molar-refractivity contribution in [1.29, 1.82) is 0 Å². The summed E-state index contributed by atoms with van der Waals surface area (Å²) in [6, 6.07) is 8.83. The van der Waals surface area contributed by atoms with Crippen LogP contribution in [0, 0.1) is 0 Å². The third-order valence-corrected chi connectivity index (χ3v) is 3.39. The van der Waals surface area contributed by atoms with Crippen LogP contribution in [0.2, 0.25) is 0 Å². The number of aromatic nitrogens is 1. The molecule has 18 heavy (non-hydrogen) atoms. The second kappa shape index (κ2) is 4.98. The van der Waals surface area contributed by atoms with Gasteiger partial charge in [-0.3, -0.25) is 0 Å². The van der Waals surface area contributed by atoms with E-state index in [2.05, 4.69) is 22.1 Å². The van der Waals surface area contributed by atoms with Gasteiger partial charge in [-0.05, 0) is 45.0 Å². The third kappa shape index (κ3) is 2.48. The maximum absolute atomic E-state index is 5.66. The SMILES string of the molecule is CC(CN1CCCC1)Nc1nc2ccccc2o1. The van der Waals surface area contributed by atoms with E-state index in [1.54, 1.807) is 0 Å². The third-order valence-electron chi connectivity index (χ3n) is 3.39. The number of hydrogen-bond acceptors (Lipinski definition) is 4. The molecule has 96 valence electrons. The molecule has 1 N–H and O–H groups in total. The lowest BCUT2D eigenvalue weighted by atomic mass is 10.3. The Labute approximate surface area is 107 Å². The van der Waals surface area contributed by atoms with E-state index in [4.69, 9.17) is 4.42 Å². The van der Waals surface area contributed by atoms with Gasteiger partial charge in [0, 0.05) is 12.6 Å². The zero-order valence-corrected chi connectivity index (χ0v) is 10.7. The maximum atomic E-state index is 5.66. The number of nitrogens with zero attached hydrogens (tertiary/aromatic N) is 2. The van der Waals surface area contributed by atoms with Crippen LogP contribution in [-0.4, -0.2) is 35.6 Å². The van der Waals surface area contributed by atoms with Gasteiger partial charge in [-0.25, -0.2) is 0 Å². The van der Waals surface area contributed by atoms with E-state index in [9.17, 15) is 0 Å². The van der Waals surface area contributed by atoms with Crippen LogP contribution in [0.15, 0.2) is 28.7 Å². The first-order valence-corrected chi connectivity index (χ1v) is 6.66. The summed E-state index contributed by atoms with van der Waals surface area (Å²) < 4.78 is 5.66. The molecular weight excluding hydrogens is 226 g/mol. The molecule has 0 bridgehead atoms. The van der Waals surface area contributed by atoms with Crippen molar-refractivity contribution >= 4 is 17.1 Å². The first-order valence-electron chi connectivity index (χ1n) is 6.66. The summed E-state index contributed by atoms with van der Waals surface area (Å²) in [7, 11) is 0. The van der Waals surface area contributed by atoms with Crippen molar-refractivity contribution in [1.82, 2.24) is 9.88 Å². The Kier molecular flexibility index (Phi) is 3.19. The molecule has 4 heteroatoms. The number of benzene rings is 1. The second-order valence-electron chi connectivity index (χ2n) is 5.04. The van der Waals surface area contributed by atoms with Crippen LogP contribution in [-0.2, 0) is 0 Å². The van der Waals surface area contributed by atoms with Crippen molar-refractivity contribution in [3.05, 3.63) is 24.3 Å². The van der Waals surface area contributed by atoms with Crippen LogP contribution in [0.5, 0.6) is 0 Å². The van der Waals surface area contributed by atoms with E-state index in [-0.39, 0.29) is 0 Å². The highest BCUT2D eigenvalue weighted by Crippen LogP contribution is 2.19. The van der Waals surface area contributed by atoms with Crippen LogP contribution in [0.3, 0.4) is 0 Å². The van der Waals surface area contributed by atoms with Crippen LogP contribution >= 0.6 is 0 Å². The quantitative estimate of drug-likeness (QED) is 0.899. The molecule has 0 amide bonds. The minimum atomic E-state index is 0.358.